The van der Waals surface area contributed by atoms with Gasteiger partial charge in [0.1, 0.15) is 0 Å². The zero-order chi connectivity index (χ0) is 15.1. The molecule has 0 aliphatic heterocycles. The number of hydrogen-bond acceptors (Lipinski definition) is 4. The number of nitrogens with two attached hydrogens (primary N) is 1. The second kappa shape index (κ2) is 7.78. The summed E-state index contributed by atoms with van der Waals surface area (Å²) in [6.45, 7) is 7.42. The molecule has 4 nitrogen and oxygen atoms in total. The van der Waals surface area contributed by atoms with Crippen molar-refractivity contribution in [2.45, 2.75) is 46.1 Å². The van der Waals surface area contributed by atoms with Gasteiger partial charge in [0.2, 0.25) is 0 Å². The third-order valence-corrected chi connectivity index (χ3v) is 3.61. The van der Waals surface area contributed by atoms with Crippen molar-refractivity contribution in [2.24, 2.45) is 0 Å². The Kier molecular flexibility index (Phi) is 6.36. The van der Waals surface area contributed by atoms with Gasteiger partial charge in [-0.25, -0.2) is 4.79 Å². The Morgan fingerprint density at radius 2 is 2.10 bits per heavy atom. The van der Waals surface area contributed by atoms with Gasteiger partial charge in [0.05, 0.1) is 18.4 Å². The largest absolute Gasteiger partial charge is 0.465 e. The van der Waals surface area contributed by atoms with Crippen molar-refractivity contribution in [3.05, 3.63) is 23.8 Å². The molecule has 0 saturated carbocycles. The Bertz CT molecular complexity index is 446. The summed E-state index contributed by atoms with van der Waals surface area (Å²) < 4.78 is 4.88. The van der Waals surface area contributed by atoms with Crippen molar-refractivity contribution < 1.29 is 9.53 Å². The normalized spacial score (nSPS) is 12.0. The number of nitrogens with zero attached hydrogens (tertiary/aromatic N) is 1. The quantitative estimate of drug-likeness (QED) is 0.613. The molecule has 1 rings (SSSR count). The third kappa shape index (κ3) is 3.89. The lowest BCUT2D eigenvalue weighted by molar-refractivity contribution is 0.0601. The van der Waals surface area contributed by atoms with Gasteiger partial charge >= 0.3 is 5.97 Å². The van der Waals surface area contributed by atoms with Crippen LogP contribution in [-0.4, -0.2) is 25.7 Å². The first-order valence-electron chi connectivity index (χ1n) is 7.29. The number of benzene rings is 1. The summed E-state index contributed by atoms with van der Waals surface area (Å²) in [7, 11) is 1.40. The number of carbonyl (C=O) groups is 1. The summed E-state index contributed by atoms with van der Waals surface area (Å²) >= 11 is 0. The molecule has 0 radical (unpaired) electrons. The fourth-order valence-electron chi connectivity index (χ4n) is 2.20. The minimum absolute atomic E-state index is 0.336. The maximum atomic E-state index is 12.0. The lowest BCUT2D eigenvalue weighted by atomic mass is 10.1. The summed E-state index contributed by atoms with van der Waals surface area (Å²) in [5, 5.41) is 0. The molecule has 0 aliphatic rings. The third-order valence-electron chi connectivity index (χ3n) is 3.61. The monoisotopic (exact) mass is 278 g/mol. The zero-order valence-corrected chi connectivity index (χ0v) is 13.0. The number of unbranched alkanes of at least 4 members (excludes halogenated alkanes) is 1. The summed E-state index contributed by atoms with van der Waals surface area (Å²) in [6.07, 6.45) is 3.24. The van der Waals surface area contributed by atoms with Crippen LogP contribution in [0.15, 0.2) is 18.2 Å². The number of esters is 1. The first kappa shape index (κ1) is 16.3. The molecular weight excluding hydrogens is 252 g/mol. The number of ether oxygens (including phenoxy) is 1. The van der Waals surface area contributed by atoms with E-state index >= 15 is 0 Å². The minimum Gasteiger partial charge on any atom is -0.465 e. The van der Waals surface area contributed by atoms with Gasteiger partial charge in [-0.15, -0.1) is 0 Å². The van der Waals surface area contributed by atoms with E-state index < -0.39 is 0 Å². The lowest BCUT2D eigenvalue weighted by Crippen LogP contribution is -2.34. The molecule has 4 heteroatoms. The summed E-state index contributed by atoms with van der Waals surface area (Å²) in [6, 6.07) is 5.82. The van der Waals surface area contributed by atoms with Crippen molar-refractivity contribution in [1.29, 1.82) is 0 Å². The van der Waals surface area contributed by atoms with Crippen LogP contribution in [0.25, 0.3) is 0 Å². The Labute approximate surface area is 121 Å². The second-order valence-electron chi connectivity index (χ2n) is 5.07. The molecule has 0 amide bonds. The van der Waals surface area contributed by atoms with Crippen molar-refractivity contribution >= 4 is 17.3 Å². The standard InChI is InChI=1S/C16H26N2O2/c1-5-7-10-18(12(3)6-2)15-9-8-13(17)11-14(15)16(19)20-4/h8-9,11-12H,5-7,10,17H2,1-4H3. The highest BCUT2D eigenvalue weighted by Gasteiger charge is 2.20. The van der Waals surface area contributed by atoms with Crippen molar-refractivity contribution in [3.63, 3.8) is 0 Å². The molecular formula is C16H26N2O2. The van der Waals surface area contributed by atoms with Gasteiger partial charge in [0, 0.05) is 18.3 Å². The topological polar surface area (TPSA) is 55.6 Å². The fraction of sp³-hybridized carbons (Fsp3) is 0.562. The molecule has 1 unspecified atom stereocenters. The van der Waals surface area contributed by atoms with E-state index in [2.05, 4.69) is 25.7 Å². The van der Waals surface area contributed by atoms with E-state index in [1.165, 1.54) is 7.11 Å². The minimum atomic E-state index is -0.336. The summed E-state index contributed by atoms with van der Waals surface area (Å²) in [5.74, 6) is -0.336. The maximum absolute atomic E-state index is 12.0. The van der Waals surface area contributed by atoms with Gasteiger partial charge in [0.15, 0.2) is 0 Å². The van der Waals surface area contributed by atoms with Gasteiger partial charge in [-0.05, 0) is 38.0 Å². The lowest BCUT2D eigenvalue weighted by Gasteiger charge is -2.32. The highest BCUT2D eigenvalue weighted by Crippen LogP contribution is 2.27. The van der Waals surface area contributed by atoms with Crippen LogP contribution in [0.4, 0.5) is 11.4 Å². The SMILES string of the molecule is CCCCN(c1ccc(N)cc1C(=O)OC)C(C)CC. The van der Waals surface area contributed by atoms with E-state index in [9.17, 15) is 4.79 Å². The van der Waals surface area contributed by atoms with E-state index in [-0.39, 0.29) is 5.97 Å². The number of methoxy groups -OCH3 is 1. The van der Waals surface area contributed by atoms with Crippen molar-refractivity contribution in [1.82, 2.24) is 0 Å². The molecule has 0 heterocycles. The molecule has 2 N–H and O–H groups in total. The molecule has 0 fully saturated rings. The zero-order valence-electron chi connectivity index (χ0n) is 13.0. The van der Waals surface area contributed by atoms with Crippen LogP contribution in [0.1, 0.15) is 50.4 Å². The first-order chi connectivity index (χ1) is 9.54. The Hall–Kier alpha value is -1.71. The number of hydrogen-bond donors (Lipinski definition) is 1. The average molecular weight is 278 g/mol. The van der Waals surface area contributed by atoms with E-state index in [0.717, 1.165) is 31.5 Å². The molecule has 0 bridgehead atoms. The molecule has 0 aliphatic carbocycles. The van der Waals surface area contributed by atoms with Crippen molar-refractivity contribution in [3.8, 4) is 0 Å². The molecule has 1 atom stereocenters. The molecule has 1 aromatic carbocycles. The van der Waals surface area contributed by atoms with Crippen LogP contribution in [0.3, 0.4) is 0 Å². The molecule has 0 saturated heterocycles. The fourth-order valence-corrected chi connectivity index (χ4v) is 2.20. The molecule has 112 valence electrons. The maximum Gasteiger partial charge on any atom is 0.340 e. The second-order valence-corrected chi connectivity index (χ2v) is 5.07. The van der Waals surface area contributed by atoms with Crippen LogP contribution >= 0.6 is 0 Å². The van der Waals surface area contributed by atoms with Crippen LogP contribution in [0.2, 0.25) is 0 Å². The molecule has 20 heavy (non-hydrogen) atoms. The Balaban J connectivity index is 3.20. The van der Waals surface area contributed by atoms with Crippen LogP contribution in [-0.2, 0) is 4.74 Å². The number of nitrogen functional groups attached to an aromatic ring is 1. The predicted octanol–water partition coefficient (Wildman–Crippen LogP) is 3.46. The van der Waals surface area contributed by atoms with Gasteiger partial charge < -0.3 is 15.4 Å². The average Bonchev–Trinajstić information content (AvgIpc) is 2.47. The van der Waals surface area contributed by atoms with Crippen LogP contribution in [0.5, 0.6) is 0 Å². The van der Waals surface area contributed by atoms with Gasteiger partial charge in [-0.3, -0.25) is 0 Å². The predicted molar refractivity (Wildman–Crippen MR) is 84.2 cm³/mol. The van der Waals surface area contributed by atoms with E-state index in [4.69, 9.17) is 10.5 Å². The van der Waals surface area contributed by atoms with E-state index in [1.54, 1.807) is 6.07 Å². The van der Waals surface area contributed by atoms with E-state index in [0.29, 0.717) is 17.3 Å². The molecule has 1 aromatic rings. The Morgan fingerprint density at radius 3 is 2.65 bits per heavy atom. The van der Waals surface area contributed by atoms with Crippen LogP contribution < -0.4 is 10.6 Å². The first-order valence-corrected chi connectivity index (χ1v) is 7.29. The number of carbonyl (C=O) groups excluding carboxylic acids is 1. The highest BCUT2D eigenvalue weighted by molar-refractivity contribution is 5.97. The molecule has 0 spiro atoms. The molecule has 0 aromatic heterocycles. The van der Waals surface area contributed by atoms with Gasteiger partial charge in [-0.2, -0.15) is 0 Å². The summed E-state index contributed by atoms with van der Waals surface area (Å²) in [5.41, 5.74) is 7.84. The smallest absolute Gasteiger partial charge is 0.340 e. The van der Waals surface area contributed by atoms with Crippen LogP contribution in [0, 0.1) is 0 Å². The van der Waals surface area contributed by atoms with E-state index in [1.807, 2.05) is 12.1 Å². The van der Waals surface area contributed by atoms with Gasteiger partial charge in [0.25, 0.3) is 0 Å². The Morgan fingerprint density at radius 1 is 1.40 bits per heavy atom. The number of anilines is 2. The van der Waals surface area contributed by atoms with Gasteiger partial charge in [-0.1, -0.05) is 20.3 Å². The van der Waals surface area contributed by atoms with Crippen molar-refractivity contribution in [2.75, 3.05) is 24.3 Å². The summed E-state index contributed by atoms with van der Waals surface area (Å²) in [4.78, 5) is 14.2. The highest BCUT2D eigenvalue weighted by atomic mass is 16.5. The number of rotatable bonds is 7.